The molecule has 0 unspecified atom stereocenters. The van der Waals surface area contributed by atoms with E-state index in [-0.39, 0.29) is 25.1 Å². The summed E-state index contributed by atoms with van der Waals surface area (Å²) < 4.78 is 0. The zero-order chi connectivity index (χ0) is 14.0. The number of β-amino-alcohol motifs (C(OH)–C–C–N with tert-alkyl or cyclic N) is 1. The number of aliphatic hydroxyl groups excluding tert-OH is 1. The van der Waals surface area contributed by atoms with E-state index < -0.39 is 5.54 Å². The molecule has 2 aliphatic rings. The number of urea groups is 1. The van der Waals surface area contributed by atoms with Gasteiger partial charge in [-0.1, -0.05) is 13.8 Å². The molecule has 0 saturated carbocycles. The van der Waals surface area contributed by atoms with E-state index in [0.29, 0.717) is 18.8 Å². The van der Waals surface area contributed by atoms with Crippen LogP contribution in [-0.2, 0) is 4.79 Å². The quantitative estimate of drug-likeness (QED) is 0.706. The lowest BCUT2D eigenvalue weighted by atomic mass is 9.87. The van der Waals surface area contributed by atoms with E-state index in [0.717, 1.165) is 24.5 Å². The first-order valence-corrected chi connectivity index (χ1v) is 6.96. The number of rotatable bonds is 4. The van der Waals surface area contributed by atoms with Crippen LogP contribution in [0.1, 0.15) is 26.7 Å². The zero-order valence-corrected chi connectivity index (χ0v) is 11.7. The molecule has 0 aromatic heterocycles. The molecule has 6 nitrogen and oxygen atoms in total. The molecule has 3 amide bonds. The van der Waals surface area contributed by atoms with E-state index in [2.05, 4.69) is 24.1 Å². The van der Waals surface area contributed by atoms with Gasteiger partial charge in [-0.15, -0.1) is 0 Å². The molecule has 0 atom stereocenters. The van der Waals surface area contributed by atoms with Crippen LogP contribution in [0.15, 0.2) is 0 Å². The van der Waals surface area contributed by atoms with Gasteiger partial charge in [0.2, 0.25) is 0 Å². The minimum atomic E-state index is -0.722. The Morgan fingerprint density at radius 3 is 2.47 bits per heavy atom. The van der Waals surface area contributed by atoms with Crippen LogP contribution < -0.4 is 5.32 Å². The maximum Gasteiger partial charge on any atom is 0.325 e. The Morgan fingerprint density at radius 1 is 1.32 bits per heavy atom. The maximum absolute atomic E-state index is 12.3. The van der Waals surface area contributed by atoms with Gasteiger partial charge >= 0.3 is 6.03 Å². The molecule has 108 valence electrons. The van der Waals surface area contributed by atoms with Crippen LogP contribution in [0.25, 0.3) is 0 Å². The van der Waals surface area contributed by atoms with E-state index in [1.807, 2.05) is 0 Å². The molecule has 0 bridgehead atoms. The second kappa shape index (κ2) is 5.46. The van der Waals surface area contributed by atoms with Crippen LogP contribution in [0.2, 0.25) is 0 Å². The van der Waals surface area contributed by atoms with Crippen LogP contribution in [-0.4, -0.2) is 65.2 Å². The summed E-state index contributed by atoms with van der Waals surface area (Å²) in [6.07, 6.45) is 1.32. The second-order valence-corrected chi connectivity index (χ2v) is 5.89. The summed E-state index contributed by atoms with van der Waals surface area (Å²) in [5.41, 5.74) is -0.722. The lowest BCUT2D eigenvalue weighted by Gasteiger charge is -2.37. The summed E-state index contributed by atoms with van der Waals surface area (Å²) in [6.45, 7) is 6.94. The predicted molar refractivity (Wildman–Crippen MR) is 70.6 cm³/mol. The van der Waals surface area contributed by atoms with Crippen LogP contribution in [0, 0.1) is 5.92 Å². The van der Waals surface area contributed by atoms with Crippen molar-refractivity contribution in [2.24, 2.45) is 5.92 Å². The number of hydrogen-bond acceptors (Lipinski definition) is 4. The first-order valence-electron chi connectivity index (χ1n) is 6.96. The molecule has 2 rings (SSSR count). The van der Waals surface area contributed by atoms with Crippen molar-refractivity contribution in [3.8, 4) is 0 Å². The Kier molecular flexibility index (Phi) is 4.10. The number of aliphatic hydroxyl groups is 1. The molecule has 2 aliphatic heterocycles. The number of piperidine rings is 1. The Hall–Kier alpha value is -1.14. The molecule has 6 heteroatoms. The molecule has 0 aromatic rings. The largest absolute Gasteiger partial charge is 0.395 e. The van der Waals surface area contributed by atoms with Gasteiger partial charge in [-0.2, -0.15) is 0 Å². The summed E-state index contributed by atoms with van der Waals surface area (Å²) in [6, 6.07) is -0.364. The van der Waals surface area contributed by atoms with E-state index in [4.69, 9.17) is 5.11 Å². The van der Waals surface area contributed by atoms with Crippen molar-refractivity contribution < 1.29 is 14.7 Å². The van der Waals surface area contributed by atoms with Gasteiger partial charge in [-0.3, -0.25) is 9.69 Å². The van der Waals surface area contributed by atoms with Gasteiger partial charge in [0.1, 0.15) is 5.54 Å². The molecule has 1 spiro atoms. The van der Waals surface area contributed by atoms with Gasteiger partial charge < -0.3 is 15.3 Å². The molecular formula is C13H23N3O3. The Morgan fingerprint density at radius 2 is 1.95 bits per heavy atom. The number of carbonyl (C=O) groups is 2. The summed E-state index contributed by atoms with van der Waals surface area (Å²) in [5.74, 6) is 0.435. The first kappa shape index (κ1) is 14.3. The van der Waals surface area contributed by atoms with Crippen LogP contribution in [0.5, 0.6) is 0 Å². The lowest BCUT2D eigenvalue weighted by molar-refractivity contribution is -0.133. The maximum atomic E-state index is 12.3. The highest BCUT2D eigenvalue weighted by Crippen LogP contribution is 2.29. The third-order valence-electron chi connectivity index (χ3n) is 3.90. The second-order valence-electron chi connectivity index (χ2n) is 5.89. The molecule has 2 fully saturated rings. The van der Waals surface area contributed by atoms with Crippen molar-refractivity contribution in [1.29, 1.82) is 0 Å². The zero-order valence-electron chi connectivity index (χ0n) is 11.7. The SMILES string of the molecule is CC(C)CN1CCC2(CC1)NC(=O)N(CCO)C2=O. The van der Waals surface area contributed by atoms with Crippen molar-refractivity contribution in [3.05, 3.63) is 0 Å². The summed E-state index contributed by atoms with van der Waals surface area (Å²) >= 11 is 0. The Labute approximate surface area is 113 Å². The predicted octanol–water partition coefficient (Wildman–Crippen LogP) is 0.0211. The normalized spacial score (nSPS) is 23.5. The standard InChI is InChI=1S/C13H23N3O3/c1-10(2)9-15-5-3-13(4-6-15)11(18)16(7-8-17)12(19)14-13/h10,17H,3-9H2,1-2H3,(H,14,19). The average Bonchev–Trinajstić information content (AvgIpc) is 2.57. The fourth-order valence-electron chi connectivity index (χ4n) is 2.95. The number of amides is 3. The first-order chi connectivity index (χ1) is 8.98. The van der Waals surface area contributed by atoms with Crippen LogP contribution in [0.4, 0.5) is 4.79 Å². The number of nitrogens with zero attached hydrogens (tertiary/aromatic N) is 2. The minimum absolute atomic E-state index is 0.0854. The van der Waals surface area contributed by atoms with Crippen molar-refractivity contribution in [2.75, 3.05) is 32.8 Å². The van der Waals surface area contributed by atoms with Crippen molar-refractivity contribution >= 4 is 11.9 Å². The third-order valence-corrected chi connectivity index (χ3v) is 3.90. The molecule has 0 aliphatic carbocycles. The summed E-state index contributed by atoms with van der Waals surface area (Å²) in [7, 11) is 0. The van der Waals surface area contributed by atoms with E-state index in [1.165, 1.54) is 0 Å². The highest BCUT2D eigenvalue weighted by Gasteiger charge is 2.51. The number of likely N-dealkylation sites (tertiary alicyclic amines) is 1. The number of carbonyl (C=O) groups excluding carboxylic acids is 2. The lowest BCUT2D eigenvalue weighted by Crippen LogP contribution is -2.55. The van der Waals surface area contributed by atoms with Gasteiger partial charge in [0.25, 0.3) is 5.91 Å². The van der Waals surface area contributed by atoms with Crippen molar-refractivity contribution in [3.63, 3.8) is 0 Å². The van der Waals surface area contributed by atoms with Crippen molar-refractivity contribution in [2.45, 2.75) is 32.2 Å². The fourth-order valence-corrected chi connectivity index (χ4v) is 2.95. The molecule has 2 saturated heterocycles. The smallest absolute Gasteiger partial charge is 0.325 e. The topological polar surface area (TPSA) is 72.9 Å². The number of nitrogens with one attached hydrogen (secondary N) is 1. The van der Waals surface area contributed by atoms with Crippen molar-refractivity contribution in [1.82, 2.24) is 15.1 Å². The van der Waals surface area contributed by atoms with E-state index in [9.17, 15) is 9.59 Å². The van der Waals surface area contributed by atoms with Crippen LogP contribution in [0.3, 0.4) is 0 Å². The Balaban J connectivity index is 1.99. The molecule has 0 radical (unpaired) electrons. The third kappa shape index (κ3) is 2.74. The summed E-state index contributed by atoms with van der Waals surface area (Å²) in [4.78, 5) is 27.6. The monoisotopic (exact) mass is 269 g/mol. The van der Waals surface area contributed by atoms with Gasteiger partial charge in [0.15, 0.2) is 0 Å². The minimum Gasteiger partial charge on any atom is -0.395 e. The molecular weight excluding hydrogens is 246 g/mol. The fraction of sp³-hybridized carbons (Fsp3) is 0.846. The van der Waals surface area contributed by atoms with E-state index in [1.54, 1.807) is 0 Å². The average molecular weight is 269 g/mol. The number of imide groups is 1. The highest BCUT2D eigenvalue weighted by molar-refractivity contribution is 6.07. The summed E-state index contributed by atoms with van der Waals surface area (Å²) in [5, 5.41) is 11.7. The van der Waals surface area contributed by atoms with Gasteiger partial charge in [-0.05, 0) is 18.8 Å². The molecule has 0 aromatic carbocycles. The highest BCUT2D eigenvalue weighted by atomic mass is 16.3. The van der Waals surface area contributed by atoms with Gasteiger partial charge in [-0.25, -0.2) is 4.79 Å². The van der Waals surface area contributed by atoms with Gasteiger partial charge in [0.05, 0.1) is 13.2 Å². The molecule has 19 heavy (non-hydrogen) atoms. The van der Waals surface area contributed by atoms with E-state index >= 15 is 0 Å². The Bertz CT molecular complexity index is 362. The molecule has 2 heterocycles. The van der Waals surface area contributed by atoms with Crippen LogP contribution >= 0.6 is 0 Å². The van der Waals surface area contributed by atoms with Gasteiger partial charge in [0, 0.05) is 19.6 Å². The molecule has 2 N–H and O–H groups in total. The number of hydrogen-bond donors (Lipinski definition) is 2.